The number of allylic oxidation sites excluding steroid dienone is 1. The van der Waals surface area contributed by atoms with Gasteiger partial charge in [-0.25, -0.2) is 8.78 Å². The molecule has 0 radical (unpaired) electrons. The summed E-state index contributed by atoms with van der Waals surface area (Å²) in [5.41, 5.74) is 1.34. The Hall–Kier alpha value is -3.41. The van der Waals surface area contributed by atoms with Gasteiger partial charge < -0.3 is 15.3 Å². The van der Waals surface area contributed by atoms with Crippen LogP contribution in [0, 0.1) is 17.6 Å². The molecule has 0 unspecified atom stereocenters. The largest absolute Gasteiger partial charge is 0.393 e. The maximum atomic E-state index is 14.6. The summed E-state index contributed by atoms with van der Waals surface area (Å²) in [6.07, 6.45) is 1.31. The number of rotatable bonds is 10. The minimum Gasteiger partial charge on any atom is -0.393 e. The number of aliphatic hydroxyl groups is 1. The Bertz CT molecular complexity index is 1370. The van der Waals surface area contributed by atoms with Crippen LogP contribution in [-0.2, 0) is 20.9 Å². The molecule has 11 heteroatoms. The van der Waals surface area contributed by atoms with Crippen molar-refractivity contribution >= 4 is 41.8 Å². The zero-order chi connectivity index (χ0) is 29.8. The van der Waals surface area contributed by atoms with Crippen molar-refractivity contribution in [3.8, 4) is 0 Å². The van der Waals surface area contributed by atoms with Gasteiger partial charge in [0.15, 0.2) is 6.29 Å². The Morgan fingerprint density at radius 3 is 2.56 bits per heavy atom. The van der Waals surface area contributed by atoms with E-state index in [-0.39, 0.29) is 46.8 Å². The summed E-state index contributed by atoms with van der Waals surface area (Å²) < 4.78 is 28.1. The van der Waals surface area contributed by atoms with Gasteiger partial charge in [0.25, 0.3) is 0 Å². The summed E-state index contributed by atoms with van der Waals surface area (Å²) in [5.74, 6) is -2.28. The fraction of sp³-hybridized carbons (Fsp3) is 0.400. The molecule has 1 fully saturated rings. The van der Waals surface area contributed by atoms with Crippen molar-refractivity contribution in [3.63, 3.8) is 0 Å². The fourth-order valence-corrected chi connectivity index (χ4v) is 7.17. The Morgan fingerprint density at radius 2 is 1.93 bits per heavy atom. The third-order valence-electron chi connectivity index (χ3n) is 7.51. The molecule has 0 aromatic heterocycles. The highest BCUT2D eigenvalue weighted by molar-refractivity contribution is 8.03. The van der Waals surface area contributed by atoms with Crippen LogP contribution in [0.25, 0.3) is 0 Å². The molecule has 218 valence electrons. The number of thioether (sulfide) groups is 1. The summed E-state index contributed by atoms with van der Waals surface area (Å²) in [6, 6.07) is 8.73. The monoisotopic (exact) mass is 585 g/mol. The van der Waals surface area contributed by atoms with E-state index < -0.39 is 23.8 Å². The topological polar surface area (TPSA) is 107 Å². The van der Waals surface area contributed by atoms with Crippen LogP contribution in [0.1, 0.15) is 49.5 Å². The molecule has 2 amide bonds. The molecule has 4 rings (SSSR count). The van der Waals surface area contributed by atoms with Crippen molar-refractivity contribution in [2.75, 3.05) is 11.9 Å². The molecular formula is C30H33F2N3O5S. The van der Waals surface area contributed by atoms with Gasteiger partial charge in [-0.2, -0.15) is 0 Å². The van der Waals surface area contributed by atoms with Crippen molar-refractivity contribution in [2.24, 2.45) is 5.92 Å². The van der Waals surface area contributed by atoms with Crippen molar-refractivity contribution in [1.29, 1.82) is 0 Å². The van der Waals surface area contributed by atoms with Crippen LogP contribution < -0.4 is 5.32 Å². The van der Waals surface area contributed by atoms with Crippen LogP contribution in [0.4, 0.5) is 14.5 Å². The number of hydrogen-bond acceptors (Lipinski definition) is 7. The summed E-state index contributed by atoms with van der Waals surface area (Å²) in [4.78, 5) is 53.3. The van der Waals surface area contributed by atoms with E-state index in [2.05, 4.69) is 5.32 Å². The summed E-state index contributed by atoms with van der Waals surface area (Å²) in [7, 11) is 0. The first-order valence-electron chi connectivity index (χ1n) is 13.4. The molecule has 0 spiro atoms. The molecule has 2 aliphatic heterocycles. The molecule has 41 heavy (non-hydrogen) atoms. The lowest BCUT2D eigenvalue weighted by Gasteiger charge is -2.28. The normalized spacial score (nSPS) is 23.5. The number of anilines is 1. The number of carbonyl (C=O) groups excluding carboxylic acids is 4. The van der Waals surface area contributed by atoms with Gasteiger partial charge in [-0.1, -0.05) is 25.1 Å². The number of benzene rings is 2. The Balaban J connectivity index is 1.61. The average Bonchev–Trinajstić information content (AvgIpc) is 3.44. The van der Waals surface area contributed by atoms with Gasteiger partial charge in [0, 0.05) is 65.0 Å². The lowest BCUT2D eigenvalue weighted by atomic mass is 9.98. The smallest absolute Gasteiger partial charge is 0.241 e. The predicted molar refractivity (Wildman–Crippen MR) is 152 cm³/mol. The lowest BCUT2D eigenvalue weighted by molar-refractivity contribution is -0.130. The molecule has 0 bridgehead atoms. The van der Waals surface area contributed by atoms with E-state index in [0.29, 0.717) is 48.1 Å². The lowest BCUT2D eigenvalue weighted by Crippen LogP contribution is -2.39. The third-order valence-corrected chi connectivity index (χ3v) is 9.02. The number of carbonyl (C=O) groups is 4. The van der Waals surface area contributed by atoms with E-state index in [1.54, 1.807) is 31.2 Å². The van der Waals surface area contributed by atoms with E-state index in [9.17, 15) is 33.1 Å². The molecule has 5 atom stereocenters. The summed E-state index contributed by atoms with van der Waals surface area (Å²) in [6.45, 7) is 5.33. The zero-order valence-electron chi connectivity index (χ0n) is 23.1. The number of likely N-dealkylation sites (tertiary alicyclic amines) is 1. The van der Waals surface area contributed by atoms with Crippen LogP contribution in [-0.4, -0.2) is 69.3 Å². The minimum atomic E-state index is -0.715. The zero-order valence-corrected chi connectivity index (χ0v) is 23.9. The second-order valence-electron chi connectivity index (χ2n) is 10.6. The number of aliphatic hydroxyl groups excluding tert-OH is 1. The van der Waals surface area contributed by atoms with Crippen LogP contribution >= 0.6 is 11.8 Å². The highest BCUT2D eigenvalue weighted by Gasteiger charge is 2.44. The maximum Gasteiger partial charge on any atom is 0.241 e. The number of nitrogens with zero attached hydrogens (tertiary/aromatic N) is 2. The van der Waals surface area contributed by atoms with Gasteiger partial charge in [0.2, 0.25) is 11.8 Å². The fourth-order valence-electron chi connectivity index (χ4n) is 5.63. The van der Waals surface area contributed by atoms with Gasteiger partial charge in [-0.15, -0.1) is 11.8 Å². The van der Waals surface area contributed by atoms with Gasteiger partial charge >= 0.3 is 0 Å². The first kappa shape index (κ1) is 30.5. The number of amides is 2. The van der Waals surface area contributed by atoms with Crippen molar-refractivity contribution in [3.05, 3.63) is 75.8 Å². The third kappa shape index (κ3) is 6.91. The second kappa shape index (κ2) is 13.1. The van der Waals surface area contributed by atoms with Crippen LogP contribution in [0.2, 0.25) is 0 Å². The molecule has 2 aromatic carbocycles. The van der Waals surface area contributed by atoms with E-state index >= 15 is 0 Å². The molecule has 2 aromatic rings. The molecule has 1 saturated heterocycles. The number of hydrogen-bond donors (Lipinski definition) is 2. The first-order valence-corrected chi connectivity index (χ1v) is 14.3. The molecular weight excluding hydrogens is 552 g/mol. The van der Waals surface area contributed by atoms with Gasteiger partial charge in [-0.3, -0.25) is 24.1 Å². The SMILES string of the molecule is CC(=O)N1C(C=O)=C(S[C@H]2C[C@@H](C(=O)Nc3cccc(C=O)c3)N(Cc3ccc(F)cc3F)C2)[C@H](C)[C@@H]1C[C@@H](C)O. The number of nitrogens with one attached hydrogen (secondary N) is 1. The summed E-state index contributed by atoms with van der Waals surface area (Å²) >= 11 is 1.41. The van der Waals surface area contributed by atoms with Crippen molar-refractivity contribution < 1.29 is 33.1 Å². The predicted octanol–water partition coefficient (Wildman–Crippen LogP) is 4.14. The Labute approximate surface area is 241 Å². The molecule has 0 aliphatic carbocycles. The second-order valence-corrected chi connectivity index (χ2v) is 11.9. The van der Waals surface area contributed by atoms with E-state index in [1.165, 1.54) is 35.7 Å². The van der Waals surface area contributed by atoms with E-state index in [1.807, 2.05) is 11.8 Å². The highest BCUT2D eigenvalue weighted by Crippen LogP contribution is 2.45. The van der Waals surface area contributed by atoms with Crippen molar-refractivity contribution in [1.82, 2.24) is 9.80 Å². The van der Waals surface area contributed by atoms with Gasteiger partial charge in [0.1, 0.15) is 17.9 Å². The van der Waals surface area contributed by atoms with Gasteiger partial charge in [0.05, 0.1) is 17.8 Å². The minimum absolute atomic E-state index is 0.0506. The van der Waals surface area contributed by atoms with Crippen LogP contribution in [0.3, 0.4) is 0 Å². The molecule has 8 nitrogen and oxygen atoms in total. The van der Waals surface area contributed by atoms with Crippen LogP contribution in [0.15, 0.2) is 53.1 Å². The van der Waals surface area contributed by atoms with E-state index in [4.69, 9.17) is 0 Å². The van der Waals surface area contributed by atoms with E-state index in [0.717, 1.165) is 6.07 Å². The Morgan fingerprint density at radius 1 is 1.17 bits per heavy atom. The van der Waals surface area contributed by atoms with Crippen LogP contribution in [0.5, 0.6) is 0 Å². The van der Waals surface area contributed by atoms with Gasteiger partial charge in [-0.05, 0) is 38.0 Å². The highest BCUT2D eigenvalue weighted by atomic mass is 32.2. The molecule has 2 N–H and O–H groups in total. The van der Waals surface area contributed by atoms with Crippen molar-refractivity contribution in [2.45, 2.75) is 63.6 Å². The molecule has 2 aliphatic rings. The summed E-state index contributed by atoms with van der Waals surface area (Å²) in [5, 5.41) is 12.7. The maximum absolute atomic E-state index is 14.6. The standard InChI is InChI=1S/C30H33F2N3O5S/c1-17(38)9-26-18(2)29(28(16-37)35(26)19(3)39)41-24-12-27(30(40)33-23-6-4-5-20(10-23)15-36)34(14-24)13-21-7-8-22(31)11-25(21)32/h4-8,10-11,15-18,24,26-27,38H,9,12-14H2,1-3H3,(H,33,40)/t17-,18-,24+,26+,27+/m1/s1. The molecule has 0 saturated carbocycles. The molecule has 2 heterocycles. The quantitative estimate of drug-likeness (QED) is 0.404. The number of aldehydes is 2. The Kier molecular flexibility index (Phi) is 9.72. The average molecular weight is 586 g/mol. The first-order chi connectivity index (χ1) is 19.5. The number of halogens is 2.